The lowest BCUT2D eigenvalue weighted by atomic mass is 9.87. The molecule has 0 bridgehead atoms. The highest BCUT2D eigenvalue weighted by molar-refractivity contribution is 7.98. The average molecular weight is 243 g/mol. The second-order valence-corrected chi connectivity index (χ2v) is 6.13. The number of hydrogen-bond donors (Lipinski definition) is 1. The van der Waals surface area contributed by atoms with E-state index in [4.69, 9.17) is 0 Å². The first-order chi connectivity index (χ1) is 7.88. The van der Waals surface area contributed by atoms with Crippen molar-refractivity contribution in [2.45, 2.75) is 51.9 Å². The van der Waals surface area contributed by atoms with E-state index in [1.165, 1.54) is 63.8 Å². The van der Waals surface area contributed by atoms with Crippen molar-refractivity contribution in [2.75, 3.05) is 25.1 Å². The summed E-state index contributed by atoms with van der Waals surface area (Å²) in [5, 5.41) is 3.63. The summed E-state index contributed by atoms with van der Waals surface area (Å²) < 4.78 is 0. The minimum Gasteiger partial charge on any atom is -0.316 e. The Bertz CT molecular complexity index is 145. The molecule has 0 radical (unpaired) electrons. The SMILES string of the molecule is CCCNCC(CCCSC)C1CCCC1. The van der Waals surface area contributed by atoms with E-state index in [9.17, 15) is 0 Å². The highest BCUT2D eigenvalue weighted by atomic mass is 32.2. The molecule has 0 aliphatic heterocycles. The van der Waals surface area contributed by atoms with Crippen molar-refractivity contribution in [3.63, 3.8) is 0 Å². The van der Waals surface area contributed by atoms with Gasteiger partial charge in [0.25, 0.3) is 0 Å². The van der Waals surface area contributed by atoms with Crippen molar-refractivity contribution in [3.05, 3.63) is 0 Å². The Balaban J connectivity index is 2.22. The molecule has 0 amide bonds. The summed E-state index contributed by atoms with van der Waals surface area (Å²) in [6.45, 7) is 4.73. The van der Waals surface area contributed by atoms with Gasteiger partial charge in [0, 0.05) is 0 Å². The molecule has 96 valence electrons. The van der Waals surface area contributed by atoms with Crippen LogP contribution in [0.5, 0.6) is 0 Å². The molecule has 1 fully saturated rings. The van der Waals surface area contributed by atoms with Crippen LogP contribution in [0.15, 0.2) is 0 Å². The smallest absolute Gasteiger partial charge is 0.00179 e. The first-order valence-electron chi connectivity index (χ1n) is 7.08. The van der Waals surface area contributed by atoms with Crippen LogP contribution in [-0.4, -0.2) is 25.1 Å². The third-order valence-electron chi connectivity index (χ3n) is 3.82. The van der Waals surface area contributed by atoms with E-state index in [-0.39, 0.29) is 0 Å². The molecule has 16 heavy (non-hydrogen) atoms. The molecule has 1 N–H and O–H groups in total. The molecule has 0 saturated heterocycles. The van der Waals surface area contributed by atoms with Crippen molar-refractivity contribution >= 4 is 11.8 Å². The van der Waals surface area contributed by atoms with Gasteiger partial charge in [0.2, 0.25) is 0 Å². The monoisotopic (exact) mass is 243 g/mol. The number of rotatable bonds is 9. The molecule has 0 heterocycles. The van der Waals surface area contributed by atoms with E-state index in [1.54, 1.807) is 0 Å². The van der Waals surface area contributed by atoms with Gasteiger partial charge in [0.1, 0.15) is 0 Å². The third-order valence-corrected chi connectivity index (χ3v) is 4.52. The van der Waals surface area contributed by atoms with E-state index in [0.717, 1.165) is 11.8 Å². The molecule has 0 aromatic rings. The van der Waals surface area contributed by atoms with Crippen LogP contribution in [0.25, 0.3) is 0 Å². The van der Waals surface area contributed by atoms with Gasteiger partial charge in [0.05, 0.1) is 0 Å². The van der Waals surface area contributed by atoms with Crippen molar-refractivity contribution < 1.29 is 0 Å². The number of hydrogen-bond acceptors (Lipinski definition) is 2. The highest BCUT2D eigenvalue weighted by Gasteiger charge is 2.23. The fourth-order valence-corrected chi connectivity index (χ4v) is 3.34. The van der Waals surface area contributed by atoms with Gasteiger partial charge < -0.3 is 5.32 Å². The summed E-state index contributed by atoms with van der Waals surface area (Å²) in [5.74, 6) is 3.34. The number of nitrogens with one attached hydrogen (secondary N) is 1. The lowest BCUT2D eigenvalue weighted by molar-refractivity contribution is 0.303. The van der Waals surface area contributed by atoms with Crippen LogP contribution in [-0.2, 0) is 0 Å². The standard InChI is InChI=1S/C14H29NS/c1-3-10-15-12-14(9-6-11-16-2)13-7-4-5-8-13/h13-15H,3-12H2,1-2H3. The summed E-state index contributed by atoms with van der Waals surface area (Å²) >= 11 is 1.99. The van der Waals surface area contributed by atoms with Crippen LogP contribution in [0.3, 0.4) is 0 Å². The van der Waals surface area contributed by atoms with Crippen LogP contribution in [0.1, 0.15) is 51.9 Å². The Kier molecular flexibility index (Phi) is 8.40. The maximum Gasteiger partial charge on any atom is -0.00179 e. The fraction of sp³-hybridized carbons (Fsp3) is 1.00. The lowest BCUT2D eigenvalue weighted by Crippen LogP contribution is -2.28. The summed E-state index contributed by atoms with van der Waals surface area (Å²) in [6.07, 6.45) is 12.3. The maximum absolute atomic E-state index is 3.63. The van der Waals surface area contributed by atoms with Crippen LogP contribution >= 0.6 is 11.8 Å². The van der Waals surface area contributed by atoms with Gasteiger partial charge in [-0.25, -0.2) is 0 Å². The van der Waals surface area contributed by atoms with E-state index in [2.05, 4.69) is 18.5 Å². The molecular weight excluding hydrogens is 214 g/mol. The Hall–Kier alpha value is 0.310. The van der Waals surface area contributed by atoms with E-state index in [0.29, 0.717) is 0 Å². The van der Waals surface area contributed by atoms with E-state index < -0.39 is 0 Å². The van der Waals surface area contributed by atoms with Crippen molar-refractivity contribution in [2.24, 2.45) is 11.8 Å². The van der Waals surface area contributed by atoms with Gasteiger partial charge in [-0.15, -0.1) is 0 Å². The van der Waals surface area contributed by atoms with Gasteiger partial charge in [-0.3, -0.25) is 0 Å². The predicted octanol–water partition coefficient (Wildman–Crippen LogP) is 3.94. The lowest BCUT2D eigenvalue weighted by Gasteiger charge is -2.23. The first kappa shape index (κ1) is 14.4. The average Bonchev–Trinajstić information content (AvgIpc) is 2.81. The van der Waals surface area contributed by atoms with Crippen molar-refractivity contribution in [3.8, 4) is 0 Å². The van der Waals surface area contributed by atoms with Crippen LogP contribution < -0.4 is 5.32 Å². The Labute approximate surface area is 106 Å². The van der Waals surface area contributed by atoms with Gasteiger partial charge in [-0.1, -0.05) is 32.6 Å². The second-order valence-electron chi connectivity index (χ2n) is 5.14. The minimum atomic E-state index is 0.959. The van der Waals surface area contributed by atoms with Crippen molar-refractivity contribution in [1.29, 1.82) is 0 Å². The normalized spacial score (nSPS) is 19.1. The van der Waals surface area contributed by atoms with Gasteiger partial charge in [-0.2, -0.15) is 11.8 Å². The fourth-order valence-electron chi connectivity index (χ4n) is 2.89. The predicted molar refractivity (Wildman–Crippen MR) is 76.2 cm³/mol. The van der Waals surface area contributed by atoms with Crippen LogP contribution in [0.2, 0.25) is 0 Å². The number of thioether (sulfide) groups is 1. The minimum absolute atomic E-state index is 0.959. The Morgan fingerprint density at radius 2 is 2.06 bits per heavy atom. The Morgan fingerprint density at radius 1 is 1.31 bits per heavy atom. The summed E-state index contributed by atoms with van der Waals surface area (Å²) in [7, 11) is 0. The first-order valence-corrected chi connectivity index (χ1v) is 8.47. The Morgan fingerprint density at radius 3 is 2.69 bits per heavy atom. The largest absolute Gasteiger partial charge is 0.316 e. The molecule has 1 unspecified atom stereocenters. The van der Waals surface area contributed by atoms with E-state index >= 15 is 0 Å². The van der Waals surface area contributed by atoms with Gasteiger partial charge in [0.15, 0.2) is 0 Å². The summed E-state index contributed by atoms with van der Waals surface area (Å²) in [6, 6.07) is 0. The topological polar surface area (TPSA) is 12.0 Å². The molecule has 0 aromatic carbocycles. The van der Waals surface area contributed by atoms with Crippen LogP contribution in [0, 0.1) is 11.8 Å². The molecule has 0 aromatic heterocycles. The van der Waals surface area contributed by atoms with E-state index in [1.807, 2.05) is 11.8 Å². The summed E-state index contributed by atoms with van der Waals surface area (Å²) in [4.78, 5) is 0. The molecule has 2 heteroatoms. The second kappa shape index (κ2) is 9.35. The molecule has 1 atom stereocenters. The molecule has 1 aliphatic carbocycles. The van der Waals surface area contributed by atoms with Gasteiger partial charge in [-0.05, 0) is 56.2 Å². The molecule has 1 rings (SSSR count). The third kappa shape index (κ3) is 5.58. The zero-order chi connectivity index (χ0) is 11.6. The molecule has 1 nitrogen and oxygen atoms in total. The molecular formula is C14H29NS. The zero-order valence-corrected chi connectivity index (χ0v) is 12.0. The molecule has 1 saturated carbocycles. The van der Waals surface area contributed by atoms with Crippen LogP contribution in [0.4, 0.5) is 0 Å². The summed E-state index contributed by atoms with van der Waals surface area (Å²) in [5.41, 5.74) is 0. The molecule has 0 spiro atoms. The maximum atomic E-state index is 3.63. The molecule has 1 aliphatic rings. The van der Waals surface area contributed by atoms with Crippen molar-refractivity contribution in [1.82, 2.24) is 5.32 Å². The highest BCUT2D eigenvalue weighted by Crippen LogP contribution is 2.33. The zero-order valence-electron chi connectivity index (χ0n) is 11.1. The quantitative estimate of drug-likeness (QED) is 0.616. The van der Waals surface area contributed by atoms with Gasteiger partial charge >= 0.3 is 0 Å².